The Morgan fingerprint density at radius 1 is 1.12 bits per heavy atom. The van der Waals surface area contributed by atoms with Crippen LogP contribution >= 0.6 is 0 Å². The van der Waals surface area contributed by atoms with Gasteiger partial charge < -0.3 is 20.1 Å². The van der Waals surface area contributed by atoms with Gasteiger partial charge in [-0.05, 0) is 54.4 Å². The summed E-state index contributed by atoms with van der Waals surface area (Å²) in [6.45, 7) is 2.46. The molecule has 0 aromatic heterocycles. The van der Waals surface area contributed by atoms with Crippen molar-refractivity contribution < 1.29 is 24.2 Å². The van der Waals surface area contributed by atoms with E-state index in [1.54, 1.807) is 13.0 Å². The van der Waals surface area contributed by atoms with E-state index >= 15 is 0 Å². The van der Waals surface area contributed by atoms with E-state index < -0.39 is 17.6 Å². The number of ether oxygens (including phenoxy) is 1. The van der Waals surface area contributed by atoms with Crippen molar-refractivity contribution in [1.82, 2.24) is 10.2 Å². The normalized spacial score (nSPS) is 22.9. The summed E-state index contributed by atoms with van der Waals surface area (Å²) >= 11 is 0. The first kappa shape index (κ1) is 22.2. The van der Waals surface area contributed by atoms with E-state index in [-0.39, 0.29) is 30.9 Å². The lowest BCUT2D eigenvalue weighted by Crippen LogP contribution is -2.51. The Balaban J connectivity index is 1.17. The van der Waals surface area contributed by atoms with Gasteiger partial charge in [0.05, 0.1) is 0 Å². The lowest BCUT2D eigenvalue weighted by Gasteiger charge is -2.33. The van der Waals surface area contributed by atoms with Crippen LogP contribution in [0.5, 0.6) is 0 Å². The SMILES string of the molecule is C/C(=C\CNC(=O)OCC1c2ccccc2-c2ccccc21)C(=O)N1CCC[C@H]2C[C@]21C(=O)O. The molecule has 0 unspecified atom stereocenters. The zero-order valence-corrected chi connectivity index (χ0v) is 19.1. The first-order chi connectivity index (χ1) is 16.4. The molecule has 2 aliphatic carbocycles. The molecule has 2 fully saturated rings. The number of carboxylic acids is 1. The predicted molar refractivity (Wildman–Crippen MR) is 126 cm³/mol. The molecule has 0 spiro atoms. The molecule has 0 bridgehead atoms. The number of alkyl carbamates (subject to hydrolysis) is 1. The number of aliphatic carboxylic acids is 1. The van der Waals surface area contributed by atoms with E-state index in [1.807, 2.05) is 24.3 Å². The van der Waals surface area contributed by atoms with Gasteiger partial charge >= 0.3 is 12.1 Å². The van der Waals surface area contributed by atoms with E-state index in [1.165, 1.54) is 16.0 Å². The van der Waals surface area contributed by atoms with Gasteiger partial charge in [-0.3, -0.25) is 4.79 Å². The average Bonchev–Trinajstić information content (AvgIpc) is 3.53. The van der Waals surface area contributed by atoms with Gasteiger partial charge in [-0.2, -0.15) is 0 Å². The molecular weight excluding hydrogens is 432 g/mol. The van der Waals surface area contributed by atoms with Crippen LogP contribution in [-0.2, 0) is 14.3 Å². The number of carbonyl (C=O) groups is 3. The second-order valence-corrected chi connectivity index (χ2v) is 9.32. The number of amides is 2. The largest absolute Gasteiger partial charge is 0.479 e. The summed E-state index contributed by atoms with van der Waals surface area (Å²) in [5.41, 5.74) is 4.00. The molecule has 1 saturated carbocycles. The highest BCUT2D eigenvalue weighted by Crippen LogP contribution is 2.54. The molecule has 2 aromatic carbocycles. The number of carboxylic acid groups (broad SMARTS) is 1. The summed E-state index contributed by atoms with van der Waals surface area (Å²) in [5, 5.41) is 12.3. The van der Waals surface area contributed by atoms with Crippen molar-refractivity contribution in [1.29, 1.82) is 0 Å². The number of hydrogen-bond donors (Lipinski definition) is 2. The summed E-state index contributed by atoms with van der Waals surface area (Å²) in [4.78, 5) is 38.6. The molecule has 176 valence electrons. The van der Waals surface area contributed by atoms with Crippen molar-refractivity contribution in [3.05, 3.63) is 71.3 Å². The number of fused-ring (bicyclic) bond motifs is 4. The molecule has 1 saturated heterocycles. The van der Waals surface area contributed by atoms with Crippen LogP contribution in [0.2, 0.25) is 0 Å². The van der Waals surface area contributed by atoms with Crippen molar-refractivity contribution in [2.45, 2.75) is 37.6 Å². The summed E-state index contributed by atoms with van der Waals surface area (Å²) < 4.78 is 5.52. The summed E-state index contributed by atoms with van der Waals surface area (Å²) in [7, 11) is 0. The molecule has 7 nitrogen and oxygen atoms in total. The standard InChI is InChI=1S/C27H28N2O5/c1-17(24(30)29-14-6-7-18-15-27(18,29)25(31)32)12-13-28-26(33)34-16-23-21-10-4-2-8-19(21)20-9-3-5-11-22(20)23/h2-5,8-12,18,23H,6-7,13-16H2,1H3,(H,28,33)(H,31,32)/b17-12+/t18-,27+/m0/s1. The maximum atomic E-state index is 12.9. The minimum atomic E-state index is -1.04. The molecule has 1 aliphatic heterocycles. The number of carbonyl (C=O) groups excluding carboxylic acids is 2. The fourth-order valence-electron chi connectivity index (χ4n) is 5.58. The molecule has 0 radical (unpaired) electrons. The Morgan fingerprint density at radius 2 is 1.76 bits per heavy atom. The molecule has 2 aromatic rings. The second kappa shape index (κ2) is 8.63. The van der Waals surface area contributed by atoms with E-state index in [2.05, 4.69) is 29.6 Å². The fraction of sp³-hybridized carbons (Fsp3) is 0.370. The molecular formula is C27H28N2O5. The van der Waals surface area contributed by atoms with Gasteiger partial charge in [-0.15, -0.1) is 0 Å². The molecule has 5 rings (SSSR count). The third-order valence-electron chi connectivity index (χ3n) is 7.44. The minimum absolute atomic E-state index is 0.0187. The maximum Gasteiger partial charge on any atom is 0.407 e. The van der Waals surface area contributed by atoms with Crippen molar-refractivity contribution >= 4 is 18.0 Å². The van der Waals surface area contributed by atoms with Crippen LogP contribution in [0, 0.1) is 5.92 Å². The Morgan fingerprint density at radius 3 is 2.41 bits per heavy atom. The first-order valence-corrected chi connectivity index (χ1v) is 11.7. The smallest absolute Gasteiger partial charge is 0.407 e. The quantitative estimate of drug-likeness (QED) is 0.637. The van der Waals surface area contributed by atoms with Crippen LogP contribution in [-0.4, -0.2) is 53.2 Å². The maximum absolute atomic E-state index is 12.9. The summed E-state index contributed by atoms with van der Waals surface area (Å²) in [6, 6.07) is 16.3. The van der Waals surface area contributed by atoms with E-state index in [0.29, 0.717) is 18.5 Å². The molecule has 1 heterocycles. The molecule has 2 N–H and O–H groups in total. The highest BCUT2D eigenvalue weighted by atomic mass is 16.5. The van der Waals surface area contributed by atoms with Gasteiger partial charge in [-0.1, -0.05) is 54.6 Å². The van der Waals surface area contributed by atoms with Crippen molar-refractivity contribution in [2.24, 2.45) is 5.92 Å². The fourth-order valence-corrected chi connectivity index (χ4v) is 5.58. The van der Waals surface area contributed by atoms with Crippen LogP contribution < -0.4 is 5.32 Å². The monoisotopic (exact) mass is 460 g/mol. The second-order valence-electron chi connectivity index (χ2n) is 9.32. The molecule has 3 aliphatic rings. The zero-order chi connectivity index (χ0) is 23.9. The third-order valence-corrected chi connectivity index (χ3v) is 7.44. The number of nitrogens with one attached hydrogen (secondary N) is 1. The van der Waals surface area contributed by atoms with Crippen LogP contribution in [0.15, 0.2) is 60.2 Å². The molecule has 2 amide bonds. The van der Waals surface area contributed by atoms with Crippen LogP contribution in [0.3, 0.4) is 0 Å². The van der Waals surface area contributed by atoms with Gasteiger partial charge in [-0.25, -0.2) is 9.59 Å². The van der Waals surface area contributed by atoms with Gasteiger partial charge in [0.15, 0.2) is 0 Å². The van der Waals surface area contributed by atoms with Gasteiger partial charge in [0.25, 0.3) is 0 Å². The van der Waals surface area contributed by atoms with Gasteiger partial charge in [0.1, 0.15) is 12.1 Å². The minimum Gasteiger partial charge on any atom is -0.479 e. The number of nitrogens with zero attached hydrogens (tertiary/aromatic N) is 1. The Labute approximate surface area is 198 Å². The zero-order valence-electron chi connectivity index (χ0n) is 19.1. The first-order valence-electron chi connectivity index (χ1n) is 11.7. The highest BCUT2D eigenvalue weighted by molar-refractivity contribution is 5.98. The number of hydrogen-bond acceptors (Lipinski definition) is 4. The lowest BCUT2D eigenvalue weighted by atomic mass is 9.98. The lowest BCUT2D eigenvalue weighted by molar-refractivity contribution is -0.153. The molecule has 2 atom stereocenters. The Kier molecular flexibility index (Phi) is 5.63. The topological polar surface area (TPSA) is 95.9 Å². The average molecular weight is 461 g/mol. The van der Waals surface area contributed by atoms with Gasteiger partial charge in [0.2, 0.25) is 5.91 Å². The van der Waals surface area contributed by atoms with Crippen molar-refractivity contribution in [3.63, 3.8) is 0 Å². The Bertz CT molecular complexity index is 1140. The predicted octanol–water partition coefficient (Wildman–Crippen LogP) is 3.94. The summed E-state index contributed by atoms with van der Waals surface area (Å²) in [5.74, 6) is -1.17. The van der Waals surface area contributed by atoms with Crippen LogP contribution in [0.4, 0.5) is 4.79 Å². The van der Waals surface area contributed by atoms with Crippen LogP contribution in [0.1, 0.15) is 43.2 Å². The van der Waals surface area contributed by atoms with E-state index in [9.17, 15) is 19.5 Å². The summed E-state index contributed by atoms with van der Waals surface area (Å²) in [6.07, 6.45) is 3.25. The van der Waals surface area contributed by atoms with E-state index in [0.717, 1.165) is 24.0 Å². The number of piperidine rings is 1. The highest BCUT2D eigenvalue weighted by Gasteiger charge is 2.66. The number of benzene rings is 2. The number of likely N-dealkylation sites (tertiary alicyclic amines) is 1. The molecule has 7 heteroatoms. The van der Waals surface area contributed by atoms with E-state index in [4.69, 9.17) is 4.74 Å². The number of rotatable bonds is 6. The van der Waals surface area contributed by atoms with Crippen molar-refractivity contribution in [3.8, 4) is 11.1 Å². The van der Waals surface area contributed by atoms with Crippen molar-refractivity contribution in [2.75, 3.05) is 19.7 Å². The van der Waals surface area contributed by atoms with Crippen LogP contribution in [0.25, 0.3) is 11.1 Å². The van der Waals surface area contributed by atoms with Gasteiger partial charge in [0, 0.05) is 24.6 Å². The molecule has 34 heavy (non-hydrogen) atoms. The Hall–Kier alpha value is -3.61. The third kappa shape index (κ3) is 3.65.